The molecule has 2 saturated heterocycles. The minimum atomic E-state index is -5.08. The van der Waals surface area contributed by atoms with Crippen molar-refractivity contribution in [2.45, 2.75) is 132 Å². The Morgan fingerprint density at radius 1 is 0.579 bits per heavy atom. The molecule has 304 valence electrons. The second kappa shape index (κ2) is 16.9. The number of nitrogens with zero attached hydrogens (tertiary/aromatic N) is 4. The lowest BCUT2D eigenvalue weighted by molar-refractivity contribution is -0.192. The number of fused-ring (bicyclic) bond motifs is 10. The van der Waals surface area contributed by atoms with Gasteiger partial charge in [0.2, 0.25) is 0 Å². The third kappa shape index (κ3) is 8.46. The molecule has 3 N–H and O–H groups in total. The normalized spacial score (nSPS) is 28.9. The summed E-state index contributed by atoms with van der Waals surface area (Å²) in [6.45, 7) is 2.33. The Balaban J connectivity index is 0.000000598. The van der Waals surface area contributed by atoms with Crippen LogP contribution in [0.2, 0.25) is 0 Å². The lowest BCUT2D eigenvalue weighted by Gasteiger charge is -2.31. The van der Waals surface area contributed by atoms with Gasteiger partial charge < -0.3 is 15.7 Å². The van der Waals surface area contributed by atoms with Gasteiger partial charge in [-0.05, 0) is 137 Å². The van der Waals surface area contributed by atoms with E-state index >= 15 is 0 Å². The van der Waals surface area contributed by atoms with Gasteiger partial charge in [-0.2, -0.15) is 13.2 Å². The Hall–Kier alpha value is -4.36. The summed E-state index contributed by atoms with van der Waals surface area (Å²) in [6.07, 6.45) is 14.0. The highest BCUT2D eigenvalue weighted by Crippen LogP contribution is 2.54. The number of hydrogen-bond acceptors (Lipinski definition) is 7. The topological polar surface area (TPSA) is 128 Å². The van der Waals surface area contributed by atoms with Gasteiger partial charge in [0.1, 0.15) is 0 Å². The lowest BCUT2D eigenvalue weighted by Crippen LogP contribution is -2.41. The number of aliphatic carboxylic acids is 1. The minimum absolute atomic E-state index is 0.115. The Morgan fingerprint density at radius 3 is 1.19 bits per heavy atom. The van der Waals surface area contributed by atoms with Crippen LogP contribution < -0.4 is 10.6 Å². The van der Waals surface area contributed by atoms with Crippen molar-refractivity contribution in [3.05, 3.63) is 94.6 Å². The number of carboxylic acids is 1. The molecule has 2 amide bonds. The summed E-state index contributed by atoms with van der Waals surface area (Å²) in [5.74, 6) is -1.91. The quantitative estimate of drug-likeness (QED) is 0.188. The van der Waals surface area contributed by atoms with Crippen LogP contribution in [0, 0.1) is 11.8 Å². The van der Waals surface area contributed by atoms with Crippen LogP contribution in [0.1, 0.15) is 157 Å². The maximum atomic E-state index is 13.4. The largest absolute Gasteiger partial charge is 0.490 e. The van der Waals surface area contributed by atoms with Crippen LogP contribution in [-0.4, -0.2) is 74.0 Å². The predicted octanol–water partition coefficient (Wildman–Crippen LogP) is 8.25. The molecule has 5 heterocycles. The number of aromatic nitrogens is 2. The highest BCUT2D eigenvalue weighted by Gasteiger charge is 2.44. The van der Waals surface area contributed by atoms with Crippen molar-refractivity contribution in [1.82, 2.24) is 30.4 Å². The van der Waals surface area contributed by atoms with Gasteiger partial charge >= 0.3 is 12.1 Å². The number of carbonyl (C=O) groups is 3. The van der Waals surface area contributed by atoms with E-state index in [9.17, 15) is 22.8 Å². The van der Waals surface area contributed by atoms with Crippen LogP contribution in [0.3, 0.4) is 0 Å². The molecule has 4 bridgehead atoms. The van der Waals surface area contributed by atoms with E-state index < -0.39 is 12.1 Å². The van der Waals surface area contributed by atoms with E-state index in [2.05, 4.69) is 78.9 Å². The summed E-state index contributed by atoms with van der Waals surface area (Å²) in [4.78, 5) is 50.0. The van der Waals surface area contributed by atoms with Crippen molar-refractivity contribution in [1.29, 1.82) is 0 Å². The second-order valence-corrected chi connectivity index (χ2v) is 17.0. The van der Waals surface area contributed by atoms with E-state index in [-0.39, 0.29) is 35.3 Å². The first-order valence-corrected chi connectivity index (χ1v) is 21.0. The van der Waals surface area contributed by atoms with Crippen molar-refractivity contribution in [3.63, 3.8) is 0 Å². The van der Waals surface area contributed by atoms with Gasteiger partial charge in [0, 0.05) is 48.6 Å². The number of alkyl halides is 3. The SMILES string of the molecule is O=C(NC1CCC(CCN2[C@@H]3CC[C@H]2c2ccccc23)CC1)c1nccnc1C(=O)NC1CCC(CCN2[C@@H]3CC[C@H]2c2ccccc23)CC1.O=C(O)C(F)(F)F. The van der Waals surface area contributed by atoms with Gasteiger partial charge in [-0.1, -0.05) is 48.5 Å². The van der Waals surface area contributed by atoms with E-state index in [0.717, 1.165) is 51.4 Å². The minimum Gasteiger partial charge on any atom is -0.475 e. The van der Waals surface area contributed by atoms with E-state index in [1.165, 1.54) is 64.0 Å². The molecule has 0 radical (unpaired) electrons. The Kier molecular flexibility index (Phi) is 11.7. The van der Waals surface area contributed by atoms with Crippen LogP contribution in [-0.2, 0) is 4.79 Å². The van der Waals surface area contributed by atoms with Gasteiger partial charge in [-0.25, -0.2) is 14.8 Å². The number of carboxylic acid groups (broad SMARTS) is 1. The monoisotopic (exact) mass is 786 g/mol. The molecular weight excluding hydrogens is 734 g/mol. The number of nitrogens with one attached hydrogen (secondary N) is 2. The molecule has 1 aromatic heterocycles. The average molecular weight is 787 g/mol. The first-order valence-electron chi connectivity index (χ1n) is 21.0. The molecule has 9 rings (SSSR count). The molecule has 10 nitrogen and oxygen atoms in total. The van der Waals surface area contributed by atoms with Crippen molar-refractivity contribution >= 4 is 17.8 Å². The van der Waals surface area contributed by atoms with Crippen LogP contribution >= 0.6 is 0 Å². The number of amides is 2. The van der Waals surface area contributed by atoms with Gasteiger partial charge in [-0.15, -0.1) is 0 Å². The summed E-state index contributed by atoms with van der Waals surface area (Å²) >= 11 is 0. The zero-order valence-electron chi connectivity index (χ0n) is 32.3. The molecule has 57 heavy (non-hydrogen) atoms. The first kappa shape index (κ1) is 39.5. The van der Waals surface area contributed by atoms with Gasteiger partial charge in [0.15, 0.2) is 11.4 Å². The fraction of sp³-hybridized carbons (Fsp3) is 0.568. The molecule has 4 fully saturated rings. The standard InChI is InChI=1S/C42H52N6O2.C2HF3O2/c49-41(45-29-13-9-27(10-14-29)21-25-47-35-17-18-36(47)32-6-2-1-5-31(32)35)39-40(44-24-23-43-39)42(50)46-30-15-11-28(12-16-30)22-26-48-37-19-20-38(48)34-8-4-3-7-33(34)37;3-2(4,5)1(6)7/h1-8,23-24,27-30,35-38H,9-22,25-26H2,(H,45,49)(H,46,50);(H,6,7)/t27?,28?,29?,30?,35-,36+,37-,38+;. The molecule has 6 aliphatic rings. The van der Waals surface area contributed by atoms with Gasteiger partial charge in [0.25, 0.3) is 11.8 Å². The molecule has 2 saturated carbocycles. The highest BCUT2D eigenvalue weighted by atomic mass is 19.4. The maximum absolute atomic E-state index is 13.4. The zero-order valence-corrected chi connectivity index (χ0v) is 32.3. The number of hydrogen-bond donors (Lipinski definition) is 3. The second-order valence-electron chi connectivity index (χ2n) is 17.0. The predicted molar refractivity (Wildman–Crippen MR) is 207 cm³/mol. The van der Waals surface area contributed by atoms with Crippen molar-refractivity contribution in [3.8, 4) is 0 Å². The van der Waals surface area contributed by atoms with E-state index in [1.807, 2.05) is 0 Å². The molecule has 2 aliphatic carbocycles. The van der Waals surface area contributed by atoms with Crippen molar-refractivity contribution in [2.75, 3.05) is 13.1 Å². The number of halogens is 3. The maximum Gasteiger partial charge on any atom is 0.490 e. The highest BCUT2D eigenvalue weighted by molar-refractivity contribution is 6.04. The van der Waals surface area contributed by atoms with Crippen LogP contribution in [0.4, 0.5) is 13.2 Å². The molecule has 3 aromatic rings. The summed E-state index contributed by atoms with van der Waals surface area (Å²) < 4.78 is 31.7. The fourth-order valence-corrected chi connectivity index (χ4v) is 11.0. The smallest absolute Gasteiger partial charge is 0.475 e. The molecule has 0 spiro atoms. The molecule has 13 heteroatoms. The molecule has 0 unspecified atom stereocenters. The lowest BCUT2D eigenvalue weighted by atomic mass is 9.83. The summed E-state index contributed by atoms with van der Waals surface area (Å²) in [7, 11) is 0. The van der Waals surface area contributed by atoms with Crippen LogP contribution in [0.25, 0.3) is 0 Å². The molecule has 4 atom stereocenters. The van der Waals surface area contributed by atoms with Crippen molar-refractivity contribution < 1.29 is 32.7 Å². The van der Waals surface area contributed by atoms with Crippen LogP contribution in [0.5, 0.6) is 0 Å². The third-order valence-corrected chi connectivity index (χ3v) is 13.8. The third-order valence-electron chi connectivity index (χ3n) is 13.8. The Bertz CT molecular complexity index is 1740. The number of carbonyl (C=O) groups excluding carboxylic acids is 2. The summed E-state index contributed by atoms with van der Waals surface area (Å²) in [5, 5.41) is 13.5. The van der Waals surface area contributed by atoms with E-state index in [1.54, 1.807) is 22.3 Å². The summed E-state index contributed by atoms with van der Waals surface area (Å²) in [6, 6.07) is 20.7. The van der Waals surface area contributed by atoms with E-state index in [4.69, 9.17) is 9.90 Å². The van der Waals surface area contributed by atoms with Gasteiger partial charge in [-0.3, -0.25) is 19.4 Å². The van der Waals surface area contributed by atoms with Gasteiger partial charge in [0.05, 0.1) is 0 Å². The molecule has 2 aromatic carbocycles. The van der Waals surface area contributed by atoms with Crippen molar-refractivity contribution in [2.24, 2.45) is 11.8 Å². The first-order chi connectivity index (χ1) is 27.5. The zero-order chi connectivity index (χ0) is 39.7. The summed E-state index contributed by atoms with van der Waals surface area (Å²) in [5.41, 5.74) is 6.52. The molecule has 4 aliphatic heterocycles. The average Bonchev–Trinajstić information content (AvgIpc) is 3.98. The number of rotatable bonds is 10. The Morgan fingerprint density at radius 2 is 0.895 bits per heavy atom. The van der Waals surface area contributed by atoms with Crippen LogP contribution in [0.15, 0.2) is 60.9 Å². The Labute approximate surface area is 332 Å². The number of benzene rings is 2. The fourth-order valence-electron chi connectivity index (χ4n) is 11.0. The van der Waals surface area contributed by atoms with E-state index in [0.29, 0.717) is 36.0 Å². The molecular formula is C44H53F3N6O4.